The lowest BCUT2D eigenvalue weighted by Crippen LogP contribution is -2.47. The number of carbonyl (C=O) groups is 1. The van der Waals surface area contributed by atoms with E-state index >= 15 is 0 Å². The molecule has 3 heterocycles. The molecule has 34 heavy (non-hydrogen) atoms. The van der Waals surface area contributed by atoms with Crippen LogP contribution in [0.25, 0.3) is 11.1 Å². The second kappa shape index (κ2) is 9.20. The Kier molecular flexibility index (Phi) is 6.11. The van der Waals surface area contributed by atoms with E-state index in [1.807, 2.05) is 65.2 Å². The third kappa shape index (κ3) is 3.77. The lowest BCUT2D eigenvalue weighted by atomic mass is 9.86. The third-order valence-electron chi connectivity index (χ3n) is 7.48. The number of aliphatic hydroxyl groups excluding tert-OH is 1. The fourth-order valence-corrected chi connectivity index (χ4v) is 5.85. The number of benzene rings is 2. The maximum Gasteiger partial charge on any atom is 0.258 e. The van der Waals surface area contributed by atoms with Gasteiger partial charge in [0.1, 0.15) is 0 Å². The first kappa shape index (κ1) is 22.6. The summed E-state index contributed by atoms with van der Waals surface area (Å²) in [5, 5.41) is 10.4. The normalized spacial score (nSPS) is 23.5. The minimum absolute atomic E-state index is 0.00398. The van der Waals surface area contributed by atoms with Crippen molar-refractivity contribution >= 4 is 5.91 Å². The zero-order valence-corrected chi connectivity index (χ0v) is 19.7. The van der Waals surface area contributed by atoms with Gasteiger partial charge in [-0.3, -0.25) is 14.5 Å². The van der Waals surface area contributed by atoms with Crippen LogP contribution in [-0.4, -0.2) is 58.7 Å². The van der Waals surface area contributed by atoms with Crippen molar-refractivity contribution in [2.24, 2.45) is 11.8 Å². The van der Waals surface area contributed by atoms with E-state index in [-0.39, 0.29) is 36.1 Å². The molecule has 2 aliphatic heterocycles. The van der Waals surface area contributed by atoms with Crippen LogP contribution < -0.4 is 5.56 Å². The van der Waals surface area contributed by atoms with Crippen LogP contribution in [0.3, 0.4) is 0 Å². The minimum atomic E-state index is -0.392. The smallest absolute Gasteiger partial charge is 0.258 e. The summed E-state index contributed by atoms with van der Waals surface area (Å²) in [6, 6.07) is 23.6. The van der Waals surface area contributed by atoms with E-state index in [0.29, 0.717) is 12.1 Å². The molecule has 5 rings (SSSR count). The lowest BCUT2D eigenvalue weighted by molar-refractivity contribution is -0.135. The van der Waals surface area contributed by atoms with Gasteiger partial charge in [0.15, 0.2) is 0 Å². The molecule has 0 aliphatic carbocycles. The largest absolute Gasteiger partial charge is 0.396 e. The van der Waals surface area contributed by atoms with E-state index in [0.717, 1.165) is 24.2 Å². The predicted molar refractivity (Wildman–Crippen MR) is 132 cm³/mol. The Balaban J connectivity index is 1.58. The quantitative estimate of drug-likeness (QED) is 0.618. The van der Waals surface area contributed by atoms with Crippen LogP contribution in [0.5, 0.6) is 0 Å². The summed E-state index contributed by atoms with van der Waals surface area (Å²) >= 11 is 0. The molecule has 1 fully saturated rings. The molecule has 6 nitrogen and oxygen atoms in total. The summed E-state index contributed by atoms with van der Waals surface area (Å²) in [6.45, 7) is 1.16. The van der Waals surface area contributed by atoms with Gasteiger partial charge in [-0.05, 0) is 29.7 Å². The Morgan fingerprint density at radius 3 is 2.32 bits per heavy atom. The minimum Gasteiger partial charge on any atom is -0.396 e. The van der Waals surface area contributed by atoms with Gasteiger partial charge in [-0.2, -0.15) is 0 Å². The van der Waals surface area contributed by atoms with Crippen LogP contribution >= 0.6 is 0 Å². The number of aliphatic hydroxyl groups is 1. The van der Waals surface area contributed by atoms with Gasteiger partial charge in [0.25, 0.3) is 5.56 Å². The van der Waals surface area contributed by atoms with Crippen molar-refractivity contribution in [2.45, 2.75) is 25.0 Å². The first-order valence-electron chi connectivity index (χ1n) is 11.9. The zero-order chi connectivity index (χ0) is 23.8. The zero-order valence-electron chi connectivity index (χ0n) is 19.7. The molecular weight excluding hydrogens is 426 g/mol. The molecule has 2 bridgehead atoms. The van der Waals surface area contributed by atoms with Gasteiger partial charge in [0.2, 0.25) is 5.91 Å². The summed E-state index contributed by atoms with van der Waals surface area (Å²) in [7, 11) is 3.53. The van der Waals surface area contributed by atoms with Gasteiger partial charge in [-0.1, -0.05) is 60.7 Å². The first-order chi connectivity index (χ1) is 16.5. The highest BCUT2D eigenvalue weighted by Gasteiger charge is 2.55. The third-order valence-corrected chi connectivity index (χ3v) is 7.48. The Labute approximate surface area is 200 Å². The molecule has 1 saturated heterocycles. The Hall–Kier alpha value is -3.22. The van der Waals surface area contributed by atoms with E-state index < -0.39 is 5.92 Å². The van der Waals surface area contributed by atoms with Crippen LogP contribution in [0.15, 0.2) is 77.6 Å². The first-order valence-corrected chi connectivity index (χ1v) is 11.9. The summed E-state index contributed by atoms with van der Waals surface area (Å²) in [5.41, 5.74) is 3.63. The highest BCUT2D eigenvalue weighted by molar-refractivity contribution is 5.80. The van der Waals surface area contributed by atoms with Gasteiger partial charge < -0.3 is 14.6 Å². The van der Waals surface area contributed by atoms with E-state index in [9.17, 15) is 14.7 Å². The number of fused-ring (bicyclic) bond motifs is 4. The maximum atomic E-state index is 13.6. The number of aromatic nitrogens is 1. The Morgan fingerprint density at radius 1 is 1.00 bits per heavy atom. The topological polar surface area (TPSA) is 65.8 Å². The molecule has 3 aromatic rings. The van der Waals surface area contributed by atoms with Crippen molar-refractivity contribution in [3.05, 3.63) is 94.4 Å². The molecule has 0 unspecified atom stereocenters. The summed E-state index contributed by atoms with van der Waals surface area (Å²) in [4.78, 5) is 30.9. The number of amides is 1. The molecule has 0 spiro atoms. The Morgan fingerprint density at radius 2 is 1.68 bits per heavy atom. The summed E-state index contributed by atoms with van der Waals surface area (Å²) < 4.78 is 1.85. The van der Waals surface area contributed by atoms with E-state index in [4.69, 9.17) is 0 Å². The maximum absolute atomic E-state index is 13.6. The number of hydrogen-bond donors (Lipinski definition) is 1. The van der Waals surface area contributed by atoms with Crippen molar-refractivity contribution in [1.82, 2.24) is 14.4 Å². The molecular formula is C28H31N3O3. The van der Waals surface area contributed by atoms with Crippen molar-refractivity contribution < 1.29 is 9.90 Å². The van der Waals surface area contributed by atoms with Crippen molar-refractivity contribution in [3.8, 4) is 11.1 Å². The summed E-state index contributed by atoms with van der Waals surface area (Å²) in [5.74, 6) is -0.615. The lowest BCUT2D eigenvalue weighted by Gasteiger charge is -2.38. The molecule has 176 valence electrons. The number of hydrogen-bond acceptors (Lipinski definition) is 4. The fourth-order valence-electron chi connectivity index (χ4n) is 5.85. The van der Waals surface area contributed by atoms with Crippen molar-refractivity contribution in [2.75, 3.05) is 27.2 Å². The molecule has 2 aliphatic rings. The van der Waals surface area contributed by atoms with Gasteiger partial charge in [-0.15, -0.1) is 0 Å². The number of carbonyl (C=O) groups excluding carboxylic acids is 1. The molecule has 1 amide bonds. The fraction of sp³-hybridized carbons (Fsp3) is 0.357. The van der Waals surface area contributed by atoms with Crippen LogP contribution in [0, 0.1) is 11.8 Å². The van der Waals surface area contributed by atoms with Crippen LogP contribution in [0.1, 0.15) is 17.3 Å². The van der Waals surface area contributed by atoms with Crippen molar-refractivity contribution in [3.63, 3.8) is 0 Å². The molecule has 0 radical (unpaired) electrons. The SMILES string of the molecule is CN(C)C(=O)[C@@H]1[C@@H](CO)[C@@H]2Cn3c(ccc(-c4ccccc4)c3=O)[C@H]1N2CCc1ccccc1. The molecule has 1 aromatic heterocycles. The van der Waals surface area contributed by atoms with E-state index in [2.05, 4.69) is 17.0 Å². The Bertz CT molecular complexity index is 1220. The molecule has 4 atom stereocenters. The average molecular weight is 458 g/mol. The van der Waals surface area contributed by atoms with E-state index in [1.165, 1.54) is 5.56 Å². The average Bonchev–Trinajstić information content (AvgIpc) is 3.08. The second-order valence-corrected chi connectivity index (χ2v) is 9.54. The van der Waals surface area contributed by atoms with Gasteiger partial charge in [-0.25, -0.2) is 0 Å². The van der Waals surface area contributed by atoms with Crippen LogP contribution in [0.4, 0.5) is 0 Å². The van der Waals surface area contributed by atoms with Crippen LogP contribution in [0.2, 0.25) is 0 Å². The van der Waals surface area contributed by atoms with Gasteiger partial charge >= 0.3 is 0 Å². The number of nitrogens with zero attached hydrogens (tertiary/aromatic N) is 3. The molecule has 6 heteroatoms. The molecule has 1 N–H and O–H groups in total. The highest BCUT2D eigenvalue weighted by atomic mass is 16.3. The number of pyridine rings is 1. The number of rotatable bonds is 6. The monoisotopic (exact) mass is 457 g/mol. The van der Waals surface area contributed by atoms with E-state index in [1.54, 1.807) is 19.0 Å². The standard InChI is InChI=1S/C28H31N3O3/c1-29(2)28(34)25-22(18-32)24-17-31-23(14-13-21(27(31)33)20-11-7-4-8-12-20)26(25)30(24)16-15-19-9-5-3-6-10-19/h3-14,22,24-26,32H,15-18H2,1-2H3/t22-,24-,25+,26+/m0/s1. The predicted octanol–water partition coefficient (Wildman–Crippen LogP) is 2.81. The molecule has 2 aromatic carbocycles. The molecule has 0 saturated carbocycles. The second-order valence-electron chi connectivity index (χ2n) is 9.54. The van der Waals surface area contributed by atoms with Gasteiger partial charge in [0.05, 0.1) is 12.0 Å². The van der Waals surface area contributed by atoms with Crippen LogP contribution in [-0.2, 0) is 17.8 Å². The summed E-state index contributed by atoms with van der Waals surface area (Å²) in [6.07, 6.45) is 0.848. The highest BCUT2D eigenvalue weighted by Crippen LogP contribution is 2.48. The van der Waals surface area contributed by atoms with Crippen molar-refractivity contribution in [1.29, 1.82) is 0 Å². The van der Waals surface area contributed by atoms with Gasteiger partial charge in [0, 0.05) is 57.0 Å².